The van der Waals surface area contributed by atoms with Crippen LogP contribution < -0.4 is 0 Å². The summed E-state index contributed by atoms with van der Waals surface area (Å²) in [5.41, 5.74) is 1.15. The fourth-order valence-corrected chi connectivity index (χ4v) is 2.88. The highest BCUT2D eigenvalue weighted by atomic mass is 32.2. The van der Waals surface area contributed by atoms with Crippen LogP contribution in [-0.4, -0.2) is 36.3 Å². The molecule has 1 heterocycles. The number of carbonyl (C=O) groups is 1. The third-order valence-electron chi connectivity index (χ3n) is 3.23. The van der Waals surface area contributed by atoms with Crippen LogP contribution in [0, 0.1) is 6.92 Å². The first-order valence-electron chi connectivity index (χ1n) is 6.87. The van der Waals surface area contributed by atoms with Crippen LogP contribution in [0.1, 0.15) is 35.2 Å². The molecule has 0 saturated carbocycles. The van der Waals surface area contributed by atoms with E-state index in [4.69, 9.17) is 14.6 Å². The first kappa shape index (κ1) is 15.4. The van der Waals surface area contributed by atoms with Crippen molar-refractivity contribution < 1.29 is 19.4 Å². The average Bonchev–Trinajstić information content (AvgIpc) is 2.46. The molecule has 5 heteroatoms. The maximum atomic E-state index is 11.1. The third-order valence-corrected chi connectivity index (χ3v) is 4.19. The Hall–Kier alpha value is -1.04. The Bertz CT molecular complexity index is 455. The van der Waals surface area contributed by atoms with Gasteiger partial charge in [0.2, 0.25) is 0 Å². The van der Waals surface area contributed by atoms with Crippen molar-refractivity contribution in [3.8, 4) is 0 Å². The highest BCUT2D eigenvalue weighted by molar-refractivity contribution is 7.99. The number of ether oxygens (including phenoxy) is 2. The predicted octanol–water partition coefficient (Wildman–Crippen LogP) is 3.33. The van der Waals surface area contributed by atoms with Crippen LogP contribution in [0.5, 0.6) is 0 Å². The minimum Gasteiger partial charge on any atom is -0.478 e. The lowest BCUT2D eigenvalue weighted by molar-refractivity contribution is -0.158. The molecule has 0 aromatic heterocycles. The zero-order valence-corrected chi connectivity index (χ0v) is 12.4. The standard InChI is InChI=1S/C15H20O4S/c1-11-5-6-12(10-13(11)15(16)17)20-9-8-19-14-4-2-3-7-18-14/h5-6,10,14H,2-4,7-9H2,1H3,(H,16,17). The molecule has 0 aliphatic carbocycles. The molecule has 0 spiro atoms. The molecule has 1 aromatic rings. The van der Waals surface area contributed by atoms with Crippen molar-refractivity contribution >= 4 is 17.7 Å². The molecule has 1 fully saturated rings. The molecule has 0 amide bonds. The molecule has 1 aromatic carbocycles. The highest BCUT2D eigenvalue weighted by Crippen LogP contribution is 2.22. The van der Waals surface area contributed by atoms with Gasteiger partial charge < -0.3 is 14.6 Å². The molecule has 1 atom stereocenters. The van der Waals surface area contributed by atoms with Gasteiger partial charge in [0.05, 0.1) is 12.2 Å². The second kappa shape index (κ2) is 7.67. The Morgan fingerprint density at radius 3 is 3.05 bits per heavy atom. The quantitative estimate of drug-likeness (QED) is 0.644. The van der Waals surface area contributed by atoms with Crippen molar-refractivity contribution in [3.05, 3.63) is 29.3 Å². The molecule has 1 aliphatic rings. The zero-order valence-electron chi connectivity index (χ0n) is 11.6. The number of aryl methyl sites for hydroxylation is 1. The van der Waals surface area contributed by atoms with Gasteiger partial charge in [-0.05, 0) is 43.9 Å². The number of thioether (sulfide) groups is 1. The van der Waals surface area contributed by atoms with Crippen LogP contribution in [0.3, 0.4) is 0 Å². The van der Waals surface area contributed by atoms with E-state index >= 15 is 0 Å². The second-order valence-corrected chi connectivity index (χ2v) is 5.97. The van der Waals surface area contributed by atoms with E-state index in [-0.39, 0.29) is 6.29 Å². The first-order chi connectivity index (χ1) is 9.66. The lowest BCUT2D eigenvalue weighted by atomic mass is 10.1. The lowest BCUT2D eigenvalue weighted by Crippen LogP contribution is -2.23. The summed E-state index contributed by atoms with van der Waals surface area (Å²) < 4.78 is 11.1. The number of rotatable bonds is 6. The number of benzene rings is 1. The van der Waals surface area contributed by atoms with Crippen molar-refractivity contribution in [1.82, 2.24) is 0 Å². The van der Waals surface area contributed by atoms with E-state index < -0.39 is 5.97 Å². The van der Waals surface area contributed by atoms with Gasteiger partial charge in [-0.3, -0.25) is 0 Å². The van der Waals surface area contributed by atoms with E-state index in [2.05, 4.69) is 0 Å². The van der Waals surface area contributed by atoms with Crippen LogP contribution in [0.2, 0.25) is 0 Å². The van der Waals surface area contributed by atoms with Gasteiger partial charge in [-0.15, -0.1) is 11.8 Å². The molecule has 20 heavy (non-hydrogen) atoms. The number of hydrogen-bond acceptors (Lipinski definition) is 4. The Balaban J connectivity index is 1.76. The summed E-state index contributed by atoms with van der Waals surface area (Å²) in [6, 6.07) is 5.51. The van der Waals surface area contributed by atoms with E-state index in [0.29, 0.717) is 12.2 Å². The molecule has 4 nitrogen and oxygen atoms in total. The van der Waals surface area contributed by atoms with Crippen LogP contribution in [0.25, 0.3) is 0 Å². The summed E-state index contributed by atoms with van der Waals surface area (Å²) in [5, 5.41) is 9.08. The molecule has 1 saturated heterocycles. The number of carboxylic acids is 1. The Kier molecular flexibility index (Phi) is 5.88. The smallest absolute Gasteiger partial charge is 0.335 e. The average molecular weight is 296 g/mol. The molecule has 1 N–H and O–H groups in total. The third kappa shape index (κ3) is 4.51. The van der Waals surface area contributed by atoms with E-state index in [1.165, 1.54) is 0 Å². The van der Waals surface area contributed by atoms with E-state index in [1.54, 1.807) is 24.8 Å². The van der Waals surface area contributed by atoms with Crippen LogP contribution in [0.4, 0.5) is 0 Å². The zero-order chi connectivity index (χ0) is 14.4. The normalized spacial score (nSPS) is 18.9. The fourth-order valence-electron chi connectivity index (χ4n) is 2.10. The highest BCUT2D eigenvalue weighted by Gasteiger charge is 2.13. The summed E-state index contributed by atoms with van der Waals surface area (Å²) in [5.74, 6) is -0.0843. The van der Waals surface area contributed by atoms with Crippen LogP contribution in [-0.2, 0) is 9.47 Å². The summed E-state index contributed by atoms with van der Waals surface area (Å²) >= 11 is 1.61. The minimum absolute atomic E-state index is 0.0584. The Morgan fingerprint density at radius 1 is 1.50 bits per heavy atom. The van der Waals surface area contributed by atoms with E-state index in [0.717, 1.165) is 42.1 Å². The SMILES string of the molecule is Cc1ccc(SCCOC2CCCCO2)cc1C(=O)O. The topological polar surface area (TPSA) is 55.8 Å². The minimum atomic E-state index is -0.878. The van der Waals surface area contributed by atoms with Gasteiger partial charge in [-0.1, -0.05) is 6.07 Å². The van der Waals surface area contributed by atoms with Gasteiger partial charge in [0.15, 0.2) is 6.29 Å². The van der Waals surface area contributed by atoms with Gasteiger partial charge in [0.25, 0.3) is 0 Å². The largest absolute Gasteiger partial charge is 0.478 e. The molecule has 0 bridgehead atoms. The van der Waals surface area contributed by atoms with Gasteiger partial charge in [0, 0.05) is 17.3 Å². The molecular weight excluding hydrogens is 276 g/mol. The van der Waals surface area contributed by atoms with Gasteiger partial charge >= 0.3 is 5.97 Å². The number of carboxylic acid groups (broad SMARTS) is 1. The summed E-state index contributed by atoms with van der Waals surface area (Å²) in [4.78, 5) is 12.0. The van der Waals surface area contributed by atoms with Crippen molar-refractivity contribution in [2.24, 2.45) is 0 Å². The van der Waals surface area contributed by atoms with Gasteiger partial charge in [-0.25, -0.2) is 4.79 Å². The molecule has 1 unspecified atom stereocenters. The lowest BCUT2D eigenvalue weighted by Gasteiger charge is -2.22. The van der Waals surface area contributed by atoms with E-state index in [9.17, 15) is 4.79 Å². The maximum Gasteiger partial charge on any atom is 0.335 e. The predicted molar refractivity (Wildman–Crippen MR) is 78.4 cm³/mol. The Morgan fingerprint density at radius 2 is 2.35 bits per heavy atom. The van der Waals surface area contributed by atoms with Crippen molar-refractivity contribution in [3.63, 3.8) is 0 Å². The number of hydrogen-bond donors (Lipinski definition) is 1. The summed E-state index contributed by atoms with van der Waals surface area (Å²) in [7, 11) is 0. The van der Waals surface area contributed by atoms with E-state index in [1.807, 2.05) is 12.1 Å². The number of aromatic carboxylic acids is 1. The summed E-state index contributed by atoms with van der Waals surface area (Å²) in [6.07, 6.45) is 3.20. The molecule has 110 valence electrons. The van der Waals surface area contributed by atoms with Gasteiger partial charge in [0.1, 0.15) is 0 Å². The van der Waals surface area contributed by atoms with Gasteiger partial charge in [-0.2, -0.15) is 0 Å². The maximum absolute atomic E-state index is 11.1. The molecule has 2 rings (SSSR count). The monoisotopic (exact) mass is 296 g/mol. The molecular formula is C15H20O4S. The van der Waals surface area contributed by atoms with Crippen LogP contribution >= 0.6 is 11.8 Å². The fraction of sp³-hybridized carbons (Fsp3) is 0.533. The first-order valence-corrected chi connectivity index (χ1v) is 7.85. The van der Waals surface area contributed by atoms with Crippen LogP contribution in [0.15, 0.2) is 23.1 Å². The van der Waals surface area contributed by atoms with Crippen molar-refractivity contribution in [1.29, 1.82) is 0 Å². The molecule has 1 aliphatic heterocycles. The summed E-state index contributed by atoms with van der Waals surface area (Å²) in [6.45, 7) is 3.21. The van der Waals surface area contributed by atoms with Crippen molar-refractivity contribution in [2.75, 3.05) is 19.0 Å². The molecule has 0 radical (unpaired) electrons. The second-order valence-electron chi connectivity index (χ2n) is 4.80. The van der Waals surface area contributed by atoms with Crippen molar-refractivity contribution in [2.45, 2.75) is 37.4 Å². The Labute approximate surface area is 123 Å².